The molecule has 0 aliphatic rings. The van der Waals surface area contributed by atoms with Crippen molar-refractivity contribution in [3.05, 3.63) is 61.1 Å². The Balaban J connectivity index is 2.25. The van der Waals surface area contributed by atoms with Crippen molar-refractivity contribution in [3.8, 4) is 5.75 Å². The molecule has 0 atom stereocenters. The van der Waals surface area contributed by atoms with Crippen LogP contribution in [0.4, 0.5) is 11.4 Å². The molecule has 0 heterocycles. The second kappa shape index (κ2) is 6.39. The molecule has 0 fully saturated rings. The summed E-state index contributed by atoms with van der Waals surface area (Å²) in [6.45, 7) is -0.00537. The number of ether oxygens (including phenoxy) is 1. The molecule has 0 saturated heterocycles. The van der Waals surface area contributed by atoms with Crippen LogP contribution in [-0.4, -0.2) is 4.92 Å². The van der Waals surface area contributed by atoms with Crippen molar-refractivity contribution in [1.82, 2.24) is 0 Å². The first kappa shape index (κ1) is 15.7. The third-order valence-electron chi connectivity index (χ3n) is 2.71. The first-order valence-corrected chi connectivity index (χ1v) is 6.82. The maximum Gasteiger partial charge on any atom is 0.292 e. The van der Waals surface area contributed by atoms with E-state index in [-0.39, 0.29) is 33.8 Å². The molecule has 21 heavy (non-hydrogen) atoms. The van der Waals surface area contributed by atoms with Crippen LogP contribution in [0.2, 0.25) is 15.1 Å². The van der Waals surface area contributed by atoms with Crippen molar-refractivity contribution in [2.24, 2.45) is 0 Å². The van der Waals surface area contributed by atoms with Gasteiger partial charge in [-0.25, -0.2) is 0 Å². The fourth-order valence-electron chi connectivity index (χ4n) is 1.70. The Bertz CT molecular complexity index is 684. The summed E-state index contributed by atoms with van der Waals surface area (Å²) in [6, 6.07) is 7.45. The van der Waals surface area contributed by atoms with Crippen LogP contribution in [0, 0.1) is 10.1 Å². The molecule has 2 N–H and O–H groups in total. The van der Waals surface area contributed by atoms with Crippen LogP contribution in [0.15, 0.2) is 30.3 Å². The molecule has 5 nitrogen and oxygen atoms in total. The van der Waals surface area contributed by atoms with Gasteiger partial charge in [0.15, 0.2) is 5.75 Å². The molecule has 0 unspecified atom stereocenters. The van der Waals surface area contributed by atoms with Crippen molar-refractivity contribution in [3.63, 3.8) is 0 Å². The van der Waals surface area contributed by atoms with Crippen molar-refractivity contribution < 1.29 is 9.66 Å². The summed E-state index contributed by atoms with van der Waals surface area (Å²) in [7, 11) is 0. The van der Waals surface area contributed by atoms with Gasteiger partial charge < -0.3 is 10.5 Å². The second-order valence-electron chi connectivity index (χ2n) is 4.09. The minimum atomic E-state index is -0.554. The molecule has 0 amide bonds. The smallest absolute Gasteiger partial charge is 0.292 e. The van der Waals surface area contributed by atoms with Crippen LogP contribution in [-0.2, 0) is 6.61 Å². The number of benzene rings is 2. The summed E-state index contributed by atoms with van der Waals surface area (Å²) in [5.74, 6) is 0.244. The topological polar surface area (TPSA) is 78.4 Å². The second-order valence-corrected chi connectivity index (χ2v) is 5.35. The third-order valence-corrected chi connectivity index (χ3v) is 3.48. The van der Waals surface area contributed by atoms with Gasteiger partial charge >= 0.3 is 0 Å². The molecule has 0 bridgehead atoms. The number of hydrogen-bond acceptors (Lipinski definition) is 4. The number of rotatable bonds is 4. The number of anilines is 1. The number of halogens is 3. The Hall–Kier alpha value is -1.69. The highest BCUT2D eigenvalue weighted by Crippen LogP contribution is 2.36. The monoisotopic (exact) mass is 346 g/mol. The quantitative estimate of drug-likeness (QED) is 0.493. The minimum Gasteiger partial charge on any atom is -0.486 e. The molecule has 0 spiro atoms. The summed E-state index contributed by atoms with van der Waals surface area (Å²) in [6.07, 6.45) is 0. The number of para-hydroxylation sites is 1. The molecule has 2 rings (SSSR count). The van der Waals surface area contributed by atoms with E-state index >= 15 is 0 Å². The Kier molecular flexibility index (Phi) is 4.77. The van der Waals surface area contributed by atoms with Crippen LogP contribution in [0.25, 0.3) is 0 Å². The number of nitro benzene ring substituents is 1. The summed E-state index contributed by atoms with van der Waals surface area (Å²) in [5.41, 5.74) is 6.07. The lowest BCUT2D eigenvalue weighted by Crippen LogP contribution is -2.04. The number of nitrogen functional groups attached to an aromatic ring is 1. The average molecular weight is 348 g/mol. The maximum atomic E-state index is 10.8. The number of nitro groups is 1. The molecule has 8 heteroatoms. The predicted molar refractivity (Wildman–Crippen MR) is 83.3 cm³/mol. The largest absolute Gasteiger partial charge is 0.486 e. The fraction of sp³-hybridized carbons (Fsp3) is 0.0769. The van der Waals surface area contributed by atoms with Crippen molar-refractivity contribution in [2.45, 2.75) is 6.61 Å². The lowest BCUT2D eigenvalue weighted by Gasteiger charge is -2.11. The van der Waals surface area contributed by atoms with E-state index in [1.54, 1.807) is 6.07 Å². The highest BCUT2D eigenvalue weighted by atomic mass is 35.5. The molecule has 2 aromatic carbocycles. The molecule has 0 aromatic heterocycles. The zero-order chi connectivity index (χ0) is 15.6. The van der Waals surface area contributed by atoms with Gasteiger partial charge in [0.1, 0.15) is 12.3 Å². The first-order valence-electron chi connectivity index (χ1n) is 5.69. The molecule has 0 aliphatic carbocycles. The van der Waals surface area contributed by atoms with Gasteiger partial charge in [-0.2, -0.15) is 0 Å². The minimum absolute atomic E-state index is 0.00537. The highest BCUT2D eigenvalue weighted by Gasteiger charge is 2.16. The van der Waals surface area contributed by atoms with Gasteiger partial charge in [0.2, 0.25) is 0 Å². The Morgan fingerprint density at radius 1 is 1.19 bits per heavy atom. The van der Waals surface area contributed by atoms with Gasteiger partial charge in [0.25, 0.3) is 5.69 Å². The standard InChI is InChI=1S/C13H9Cl3N2O3/c14-8-4-9(15)13(10(16)5-8)21-6-7-2-1-3-11(12(7)17)18(19)20/h1-5H,6,17H2. The lowest BCUT2D eigenvalue weighted by atomic mass is 10.1. The zero-order valence-corrected chi connectivity index (χ0v) is 12.7. The number of nitrogens with two attached hydrogens (primary N) is 1. The normalized spacial score (nSPS) is 10.4. The predicted octanol–water partition coefficient (Wildman–Crippen LogP) is 4.72. The lowest BCUT2D eigenvalue weighted by molar-refractivity contribution is -0.384. The third kappa shape index (κ3) is 3.50. The molecule has 0 saturated carbocycles. The Morgan fingerprint density at radius 2 is 1.81 bits per heavy atom. The van der Waals surface area contributed by atoms with Crippen LogP contribution in [0.5, 0.6) is 5.75 Å². The first-order chi connectivity index (χ1) is 9.90. The molecule has 0 aliphatic heterocycles. The van der Waals surface area contributed by atoms with Gasteiger partial charge in [-0.15, -0.1) is 0 Å². The molecule has 2 aromatic rings. The van der Waals surface area contributed by atoms with Gasteiger partial charge in [0.05, 0.1) is 15.0 Å². The van der Waals surface area contributed by atoms with Gasteiger partial charge in [0, 0.05) is 16.7 Å². The van der Waals surface area contributed by atoms with Crippen LogP contribution >= 0.6 is 34.8 Å². The summed E-state index contributed by atoms with van der Waals surface area (Å²) in [4.78, 5) is 10.3. The van der Waals surface area contributed by atoms with Crippen molar-refractivity contribution in [1.29, 1.82) is 0 Å². The molecule has 0 radical (unpaired) electrons. The average Bonchev–Trinajstić information content (AvgIpc) is 2.38. The van der Waals surface area contributed by atoms with E-state index in [0.717, 1.165) is 0 Å². The van der Waals surface area contributed by atoms with E-state index in [0.29, 0.717) is 10.6 Å². The summed E-state index contributed by atoms with van der Waals surface area (Å²) in [5, 5.41) is 11.7. The zero-order valence-electron chi connectivity index (χ0n) is 10.5. The highest BCUT2D eigenvalue weighted by molar-refractivity contribution is 6.40. The van der Waals surface area contributed by atoms with Crippen LogP contribution in [0.3, 0.4) is 0 Å². The number of hydrogen-bond donors (Lipinski definition) is 1. The van der Waals surface area contributed by atoms with Gasteiger partial charge in [-0.3, -0.25) is 10.1 Å². The SMILES string of the molecule is Nc1c(COc2c(Cl)cc(Cl)cc2Cl)cccc1[N+](=O)[O-]. The van der Waals surface area contributed by atoms with Crippen molar-refractivity contribution in [2.75, 3.05) is 5.73 Å². The van der Waals surface area contributed by atoms with E-state index in [4.69, 9.17) is 45.3 Å². The maximum absolute atomic E-state index is 10.8. The molecule has 110 valence electrons. The summed E-state index contributed by atoms with van der Waals surface area (Å²) >= 11 is 17.8. The Morgan fingerprint density at radius 3 is 2.38 bits per heavy atom. The number of nitrogens with zero attached hydrogens (tertiary/aromatic N) is 1. The molecular weight excluding hydrogens is 339 g/mol. The summed E-state index contributed by atoms with van der Waals surface area (Å²) < 4.78 is 5.50. The van der Waals surface area contributed by atoms with E-state index in [1.807, 2.05) is 0 Å². The van der Waals surface area contributed by atoms with Crippen LogP contribution < -0.4 is 10.5 Å². The Labute approximate surface area is 135 Å². The molecular formula is C13H9Cl3N2O3. The fourth-order valence-corrected chi connectivity index (χ4v) is 2.63. The van der Waals surface area contributed by atoms with Crippen LogP contribution in [0.1, 0.15) is 5.56 Å². The van der Waals surface area contributed by atoms with Gasteiger partial charge in [-0.05, 0) is 12.1 Å². The van der Waals surface area contributed by atoms with E-state index < -0.39 is 4.92 Å². The van der Waals surface area contributed by atoms with E-state index in [2.05, 4.69) is 0 Å². The van der Waals surface area contributed by atoms with Gasteiger partial charge in [-0.1, -0.05) is 46.9 Å². The van der Waals surface area contributed by atoms with E-state index in [1.165, 1.54) is 24.3 Å². The van der Waals surface area contributed by atoms with E-state index in [9.17, 15) is 10.1 Å². The van der Waals surface area contributed by atoms with Crippen molar-refractivity contribution >= 4 is 46.2 Å².